The number of ether oxygens (including phenoxy) is 1. The van der Waals surface area contributed by atoms with Crippen molar-refractivity contribution >= 4 is 24.0 Å². The third-order valence-electron chi connectivity index (χ3n) is 5.17. The SMILES string of the molecule is COc1ccc2c(c1)[Si](C)(C)C(c1ccccc1)=C2c1ccccc1. The Morgan fingerprint density at radius 1 is 0.720 bits per heavy atom. The van der Waals surface area contributed by atoms with Gasteiger partial charge in [-0.15, -0.1) is 0 Å². The highest BCUT2D eigenvalue weighted by Gasteiger charge is 2.40. The molecule has 0 radical (unpaired) electrons. The normalized spacial score (nSPS) is 15.2. The lowest BCUT2D eigenvalue weighted by atomic mass is 9.95. The molecule has 3 aromatic carbocycles. The molecule has 0 unspecified atom stereocenters. The maximum absolute atomic E-state index is 5.52. The lowest BCUT2D eigenvalue weighted by molar-refractivity contribution is 0.415. The van der Waals surface area contributed by atoms with Gasteiger partial charge in [0.15, 0.2) is 0 Å². The fourth-order valence-electron chi connectivity index (χ4n) is 3.98. The Morgan fingerprint density at radius 2 is 1.32 bits per heavy atom. The molecular weight excluding hydrogens is 320 g/mol. The van der Waals surface area contributed by atoms with Crippen molar-refractivity contribution < 1.29 is 4.74 Å². The first kappa shape index (κ1) is 15.9. The van der Waals surface area contributed by atoms with E-state index in [0.29, 0.717) is 0 Å². The van der Waals surface area contributed by atoms with Gasteiger partial charge in [0.25, 0.3) is 0 Å². The van der Waals surface area contributed by atoms with Crippen LogP contribution in [-0.4, -0.2) is 15.2 Å². The van der Waals surface area contributed by atoms with Crippen molar-refractivity contribution in [2.75, 3.05) is 7.11 Å². The zero-order valence-corrected chi connectivity index (χ0v) is 15.9. The monoisotopic (exact) mass is 342 g/mol. The highest BCUT2D eigenvalue weighted by Crippen LogP contribution is 2.43. The van der Waals surface area contributed by atoms with E-state index in [-0.39, 0.29) is 0 Å². The molecular formula is C23H22OSi. The molecule has 0 saturated carbocycles. The number of hydrogen-bond acceptors (Lipinski definition) is 1. The van der Waals surface area contributed by atoms with Crippen LogP contribution in [0.5, 0.6) is 5.75 Å². The highest BCUT2D eigenvalue weighted by molar-refractivity contribution is 7.08. The van der Waals surface area contributed by atoms with Gasteiger partial charge in [0.2, 0.25) is 0 Å². The van der Waals surface area contributed by atoms with E-state index in [4.69, 9.17) is 4.74 Å². The second kappa shape index (κ2) is 6.05. The Balaban J connectivity index is 2.05. The minimum Gasteiger partial charge on any atom is -0.497 e. The molecule has 0 fully saturated rings. The van der Waals surface area contributed by atoms with E-state index in [1.165, 1.54) is 32.6 Å². The molecule has 3 aromatic rings. The van der Waals surface area contributed by atoms with Crippen LogP contribution in [0.25, 0.3) is 10.8 Å². The van der Waals surface area contributed by atoms with Gasteiger partial charge in [-0.3, -0.25) is 0 Å². The quantitative estimate of drug-likeness (QED) is 0.600. The molecule has 4 rings (SSSR count). The van der Waals surface area contributed by atoms with Gasteiger partial charge in [-0.05, 0) is 44.8 Å². The number of benzene rings is 3. The molecule has 124 valence electrons. The second-order valence-corrected chi connectivity index (χ2v) is 11.3. The van der Waals surface area contributed by atoms with Crippen LogP contribution < -0.4 is 9.92 Å². The molecule has 1 aliphatic heterocycles. The Kier molecular flexibility index (Phi) is 3.85. The molecule has 1 aliphatic rings. The summed E-state index contributed by atoms with van der Waals surface area (Å²) in [6, 6.07) is 28.2. The molecule has 1 heterocycles. The van der Waals surface area contributed by atoms with Crippen molar-refractivity contribution in [3.63, 3.8) is 0 Å². The number of fused-ring (bicyclic) bond motifs is 1. The summed E-state index contributed by atoms with van der Waals surface area (Å²) in [5, 5.41) is 2.98. The molecule has 0 aromatic heterocycles. The van der Waals surface area contributed by atoms with Gasteiger partial charge in [-0.2, -0.15) is 0 Å². The summed E-state index contributed by atoms with van der Waals surface area (Å²) < 4.78 is 5.52. The van der Waals surface area contributed by atoms with E-state index in [1.54, 1.807) is 7.11 Å². The van der Waals surface area contributed by atoms with Gasteiger partial charge < -0.3 is 4.74 Å². The van der Waals surface area contributed by atoms with E-state index in [2.05, 4.69) is 92.0 Å². The van der Waals surface area contributed by atoms with E-state index >= 15 is 0 Å². The number of hydrogen-bond donors (Lipinski definition) is 0. The zero-order valence-electron chi connectivity index (χ0n) is 14.9. The third kappa shape index (κ3) is 2.54. The van der Waals surface area contributed by atoms with Crippen molar-refractivity contribution in [3.8, 4) is 5.75 Å². The molecule has 1 nitrogen and oxygen atoms in total. The van der Waals surface area contributed by atoms with Crippen LogP contribution in [0.4, 0.5) is 0 Å². The average Bonchev–Trinajstić information content (AvgIpc) is 2.90. The third-order valence-corrected chi connectivity index (χ3v) is 8.72. The lowest BCUT2D eigenvalue weighted by Crippen LogP contribution is -2.40. The Bertz CT molecular complexity index is 940. The molecule has 0 saturated heterocycles. The standard InChI is InChI=1S/C23H22OSi/c1-24-19-14-15-20-21(16-19)25(2,3)23(18-12-8-5-9-13-18)22(20)17-10-6-4-7-11-17/h4-16H,1-3H3. The van der Waals surface area contributed by atoms with Crippen molar-refractivity contribution in [3.05, 3.63) is 95.6 Å². The summed E-state index contributed by atoms with van der Waals surface area (Å²) >= 11 is 0. The van der Waals surface area contributed by atoms with Crippen LogP contribution in [0, 0.1) is 0 Å². The second-order valence-electron chi connectivity index (χ2n) is 7.02. The predicted octanol–water partition coefficient (Wildman–Crippen LogP) is 5.12. The molecule has 0 aliphatic carbocycles. The molecule has 0 amide bonds. The zero-order chi connectivity index (χ0) is 17.4. The van der Waals surface area contributed by atoms with E-state index < -0.39 is 8.07 Å². The van der Waals surface area contributed by atoms with Crippen LogP contribution in [0.2, 0.25) is 13.1 Å². The lowest BCUT2D eigenvalue weighted by Gasteiger charge is -2.23. The first-order chi connectivity index (χ1) is 12.1. The minimum absolute atomic E-state index is 0.945. The predicted molar refractivity (Wildman–Crippen MR) is 109 cm³/mol. The molecule has 2 heteroatoms. The first-order valence-electron chi connectivity index (χ1n) is 8.67. The summed E-state index contributed by atoms with van der Waals surface area (Å²) in [6.45, 7) is 4.90. The average molecular weight is 343 g/mol. The van der Waals surface area contributed by atoms with Crippen molar-refractivity contribution in [2.45, 2.75) is 13.1 Å². The number of methoxy groups -OCH3 is 1. The van der Waals surface area contributed by atoms with E-state index in [1.807, 2.05) is 0 Å². The Hall–Kier alpha value is -2.58. The van der Waals surface area contributed by atoms with Gasteiger partial charge in [0.1, 0.15) is 13.8 Å². The summed E-state index contributed by atoms with van der Waals surface area (Å²) in [7, 11) is -0.0800. The molecule has 25 heavy (non-hydrogen) atoms. The fraction of sp³-hybridized carbons (Fsp3) is 0.130. The van der Waals surface area contributed by atoms with Crippen LogP contribution in [0.15, 0.2) is 78.9 Å². The van der Waals surface area contributed by atoms with Gasteiger partial charge in [-0.25, -0.2) is 0 Å². The molecule has 0 N–H and O–H groups in total. The molecule has 0 spiro atoms. The largest absolute Gasteiger partial charge is 0.497 e. The summed E-state index contributed by atoms with van der Waals surface area (Å²) in [4.78, 5) is 0. The van der Waals surface area contributed by atoms with E-state index in [0.717, 1.165) is 5.75 Å². The van der Waals surface area contributed by atoms with Gasteiger partial charge >= 0.3 is 0 Å². The minimum atomic E-state index is -1.82. The van der Waals surface area contributed by atoms with Crippen molar-refractivity contribution in [2.24, 2.45) is 0 Å². The maximum Gasteiger partial charge on any atom is 0.118 e. The van der Waals surface area contributed by atoms with Gasteiger partial charge in [0, 0.05) is 0 Å². The summed E-state index contributed by atoms with van der Waals surface area (Å²) in [6.07, 6.45) is 0. The maximum atomic E-state index is 5.52. The Labute approximate surface area is 150 Å². The first-order valence-corrected chi connectivity index (χ1v) is 11.7. The van der Waals surface area contributed by atoms with Crippen molar-refractivity contribution in [1.29, 1.82) is 0 Å². The highest BCUT2D eigenvalue weighted by atomic mass is 28.3. The van der Waals surface area contributed by atoms with Gasteiger partial charge in [-0.1, -0.05) is 79.8 Å². The summed E-state index contributed by atoms with van der Waals surface area (Å²) in [5.74, 6) is 0.945. The van der Waals surface area contributed by atoms with Crippen LogP contribution in [-0.2, 0) is 0 Å². The van der Waals surface area contributed by atoms with Crippen molar-refractivity contribution in [1.82, 2.24) is 0 Å². The molecule has 0 atom stereocenters. The summed E-state index contributed by atoms with van der Waals surface area (Å²) in [5.41, 5.74) is 5.39. The van der Waals surface area contributed by atoms with Crippen LogP contribution >= 0.6 is 0 Å². The Morgan fingerprint density at radius 3 is 1.92 bits per heavy atom. The fourth-order valence-corrected chi connectivity index (χ4v) is 7.43. The molecule has 0 bridgehead atoms. The van der Waals surface area contributed by atoms with Crippen LogP contribution in [0.3, 0.4) is 0 Å². The number of rotatable bonds is 3. The van der Waals surface area contributed by atoms with Crippen LogP contribution in [0.1, 0.15) is 16.7 Å². The topological polar surface area (TPSA) is 9.23 Å². The smallest absolute Gasteiger partial charge is 0.118 e. The van der Waals surface area contributed by atoms with Gasteiger partial charge in [0.05, 0.1) is 7.11 Å². The van der Waals surface area contributed by atoms with E-state index in [9.17, 15) is 0 Å².